The van der Waals surface area contributed by atoms with Crippen molar-refractivity contribution in [2.75, 3.05) is 38.5 Å². The first-order valence-corrected chi connectivity index (χ1v) is 10.3. The number of nitrogens with zero attached hydrogens (tertiary/aromatic N) is 2. The molecule has 0 aliphatic carbocycles. The summed E-state index contributed by atoms with van der Waals surface area (Å²) in [7, 11) is 0. The maximum Gasteiger partial charge on any atom is 0.317 e. The van der Waals surface area contributed by atoms with Gasteiger partial charge in [-0.15, -0.1) is 0 Å². The summed E-state index contributed by atoms with van der Waals surface area (Å²) in [5.41, 5.74) is 2.60. The number of hydrogen-bond donors (Lipinski definition) is 2. The first-order chi connectivity index (χ1) is 13.2. The molecule has 144 valence electrons. The quantitative estimate of drug-likeness (QED) is 0.721. The average molecular weight is 384 g/mol. The van der Waals surface area contributed by atoms with Gasteiger partial charge in [0, 0.05) is 44.5 Å². The molecule has 2 aromatic rings. The number of hydrogen-bond acceptors (Lipinski definition) is 3. The maximum atomic E-state index is 12.6. The van der Waals surface area contributed by atoms with E-state index in [1.165, 1.54) is 11.1 Å². The van der Waals surface area contributed by atoms with Crippen molar-refractivity contribution in [3.8, 4) is 0 Å². The molecule has 0 radical (unpaired) electrons. The van der Waals surface area contributed by atoms with Crippen LogP contribution < -0.4 is 5.32 Å². The Morgan fingerprint density at radius 3 is 2.11 bits per heavy atom. The smallest absolute Gasteiger partial charge is 0.317 e. The Bertz CT molecular complexity index is 687. The van der Waals surface area contributed by atoms with Crippen LogP contribution in [-0.2, 0) is 12.8 Å². The Morgan fingerprint density at radius 1 is 0.926 bits per heavy atom. The summed E-state index contributed by atoms with van der Waals surface area (Å²) in [6, 6.07) is 20.9. The Morgan fingerprint density at radius 2 is 1.52 bits per heavy atom. The van der Waals surface area contributed by atoms with E-state index in [9.17, 15) is 4.79 Å². The molecule has 1 fully saturated rings. The molecule has 1 N–H and O–H groups in total. The summed E-state index contributed by atoms with van der Waals surface area (Å²) in [5, 5.41) is 3.15. The number of carbonyl (C=O) groups excluding carboxylic acids is 1. The van der Waals surface area contributed by atoms with E-state index in [2.05, 4.69) is 65.3 Å². The number of rotatable bonds is 7. The molecule has 3 rings (SSSR count). The van der Waals surface area contributed by atoms with Gasteiger partial charge in [-0.3, -0.25) is 4.90 Å². The molecule has 1 atom stereocenters. The molecular formula is C22H29N3OS. The monoisotopic (exact) mass is 383 g/mol. The van der Waals surface area contributed by atoms with Gasteiger partial charge in [-0.05, 0) is 24.0 Å². The summed E-state index contributed by atoms with van der Waals surface area (Å²) < 4.78 is 0. The van der Waals surface area contributed by atoms with E-state index in [0.717, 1.165) is 45.6 Å². The van der Waals surface area contributed by atoms with E-state index in [1.54, 1.807) is 0 Å². The minimum Gasteiger partial charge on any atom is -0.334 e. The Balaban J connectivity index is 1.41. The summed E-state index contributed by atoms with van der Waals surface area (Å²) in [6.45, 7) is 4.48. The number of benzene rings is 2. The average Bonchev–Trinajstić information content (AvgIpc) is 2.73. The maximum absolute atomic E-state index is 12.6. The lowest BCUT2D eigenvalue weighted by atomic mass is 10.1. The second-order valence-electron chi connectivity index (χ2n) is 7.08. The number of carbonyl (C=O) groups is 1. The predicted octanol–water partition coefficient (Wildman–Crippen LogP) is 3.10. The molecule has 2 amide bonds. The topological polar surface area (TPSA) is 35.6 Å². The van der Waals surface area contributed by atoms with Gasteiger partial charge in [-0.1, -0.05) is 60.7 Å². The van der Waals surface area contributed by atoms with Gasteiger partial charge in [-0.2, -0.15) is 12.6 Å². The number of amides is 2. The van der Waals surface area contributed by atoms with Gasteiger partial charge in [-0.25, -0.2) is 4.79 Å². The van der Waals surface area contributed by atoms with Gasteiger partial charge in [0.1, 0.15) is 0 Å². The zero-order chi connectivity index (χ0) is 18.9. The highest BCUT2D eigenvalue weighted by atomic mass is 32.1. The number of thiol groups is 1. The SMILES string of the molecule is O=C(NC(CS)Cc1ccccc1)N1CCN(CCc2ccccc2)CC1. The standard InChI is InChI=1S/C22H29N3OS/c26-22(23-21(18-27)17-20-9-5-2-6-10-20)25-15-13-24(14-16-25)12-11-19-7-3-1-4-8-19/h1-10,21,27H,11-18H2,(H,23,26). The third kappa shape index (κ3) is 6.29. The highest BCUT2D eigenvalue weighted by Gasteiger charge is 2.22. The van der Waals surface area contributed by atoms with Gasteiger partial charge < -0.3 is 10.2 Å². The van der Waals surface area contributed by atoms with E-state index in [4.69, 9.17) is 0 Å². The van der Waals surface area contributed by atoms with Crippen LogP contribution in [0.15, 0.2) is 60.7 Å². The molecule has 0 spiro atoms. The van der Waals surface area contributed by atoms with Crippen molar-refractivity contribution in [3.05, 3.63) is 71.8 Å². The molecule has 0 saturated carbocycles. The van der Waals surface area contributed by atoms with Crippen LogP contribution in [-0.4, -0.2) is 60.3 Å². The number of urea groups is 1. The molecule has 1 unspecified atom stereocenters. The molecule has 0 bridgehead atoms. The molecule has 1 heterocycles. The summed E-state index contributed by atoms with van der Waals surface area (Å²) >= 11 is 4.42. The van der Waals surface area contributed by atoms with Crippen LogP contribution in [0.4, 0.5) is 4.79 Å². The first-order valence-electron chi connectivity index (χ1n) is 9.71. The summed E-state index contributed by atoms with van der Waals surface area (Å²) in [5.74, 6) is 0.637. The lowest BCUT2D eigenvalue weighted by Gasteiger charge is -2.35. The molecule has 0 aromatic heterocycles. The molecule has 27 heavy (non-hydrogen) atoms. The van der Waals surface area contributed by atoms with Crippen molar-refractivity contribution in [2.24, 2.45) is 0 Å². The largest absolute Gasteiger partial charge is 0.334 e. The Hall–Kier alpha value is -1.98. The molecule has 5 heteroatoms. The van der Waals surface area contributed by atoms with Crippen LogP contribution in [0.3, 0.4) is 0 Å². The fraction of sp³-hybridized carbons (Fsp3) is 0.409. The van der Waals surface area contributed by atoms with Crippen LogP contribution in [0.1, 0.15) is 11.1 Å². The van der Waals surface area contributed by atoms with E-state index in [-0.39, 0.29) is 12.1 Å². The molecule has 1 aliphatic heterocycles. The van der Waals surface area contributed by atoms with Gasteiger partial charge in [0.2, 0.25) is 0 Å². The molecule has 1 saturated heterocycles. The minimum atomic E-state index is 0.0349. The van der Waals surface area contributed by atoms with Gasteiger partial charge in [0.15, 0.2) is 0 Å². The van der Waals surface area contributed by atoms with Crippen LogP contribution >= 0.6 is 12.6 Å². The second-order valence-corrected chi connectivity index (χ2v) is 7.45. The second kappa shape index (κ2) is 10.4. The first kappa shape index (κ1) is 19.8. The number of nitrogens with one attached hydrogen (secondary N) is 1. The fourth-order valence-corrected chi connectivity index (χ4v) is 3.65. The molecule has 2 aromatic carbocycles. The molecule has 1 aliphatic rings. The third-order valence-electron chi connectivity index (χ3n) is 5.09. The van der Waals surface area contributed by atoms with Crippen molar-refractivity contribution in [3.63, 3.8) is 0 Å². The van der Waals surface area contributed by atoms with Gasteiger partial charge in [0.05, 0.1) is 0 Å². The Labute approximate surface area is 168 Å². The van der Waals surface area contributed by atoms with E-state index in [1.807, 2.05) is 23.1 Å². The van der Waals surface area contributed by atoms with E-state index < -0.39 is 0 Å². The number of piperazine rings is 1. The zero-order valence-electron chi connectivity index (χ0n) is 15.8. The molecular weight excluding hydrogens is 354 g/mol. The van der Waals surface area contributed by atoms with Gasteiger partial charge in [0.25, 0.3) is 0 Å². The Kier molecular flexibility index (Phi) is 7.60. The van der Waals surface area contributed by atoms with Crippen molar-refractivity contribution in [1.29, 1.82) is 0 Å². The lowest BCUT2D eigenvalue weighted by Crippen LogP contribution is -2.54. The lowest BCUT2D eigenvalue weighted by molar-refractivity contribution is 0.138. The zero-order valence-corrected chi connectivity index (χ0v) is 16.7. The van der Waals surface area contributed by atoms with E-state index in [0.29, 0.717) is 5.75 Å². The highest BCUT2D eigenvalue weighted by Crippen LogP contribution is 2.08. The fourth-order valence-electron chi connectivity index (χ4n) is 3.43. The minimum absolute atomic E-state index is 0.0349. The molecule has 4 nitrogen and oxygen atoms in total. The van der Waals surface area contributed by atoms with Crippen molar-refractivity contribution in [1.82, 2.24) is 15.1 Å². The van der Waals surface area contributed by atoms with Crippen LogP contribution in [0.5, 0.6) is 0 Å². The third-order valence-corrected chi connectivity index (χ3v) is 5.53. The van der Waals surface area contributed by atoms with Crippen molar-refractivity contribution in [2.45, 2.75) is 18.9 Å². The van der Waals surface area contributed by atoms with Crippen molar-refractivity contribution >= 4 is 18.7 Å². The highest BCUT2D eigenvalue weighted by molar-refractivity contribution is 7.80. The van der Waals surface area contributed by atoms with Crippen LogP contribution in [0.25, 0.3) is 0 Å². The summed E-state index contributed by atoms with van der Waals surface area (Å²) in [6.07, 6.45) is 1.87. The predicted molar refractivity (Wildman–Crippen MR) is 114 cm³/mol. The van der Waals surface area contributed by atoms with E-state index >= 15 is 0 Å². The van der Waals surface area contributed by atoms with Crippen LogP contribution in [0.2, 0.25) is 0 Å². The van der Waals surface area contributed by atoms with Crippen LogP contribution in [0, 0.1) is 0 Å². The summed E-state index contributed by atoms with van der Waals surface area (Å²) in [4.78, 5) is 17.0. The van der Waals surface area contributed by atoms with Crippen molar-refractivity contribution < 1.29 is 4.79 Å². The van der Waals surface area contributed by atoms with Gasteiger partial charge >= 0.3 is 6.03 Å². The normalized spacial score (nSPS) is 16.1.